The van der Waals surface area contributed by atoms with E-state index >= 15 is 0 Å². The SMILES string of the molecule is Nc1ccc(-c2cccc(N)c2)cc1.Nc1cccc(-c2cccc(N)c2)c1.Nc1cccc(-c2cccc(N)c2)c1.O=CC=O. The molecule has 8 heteroatoms. The minimum Gasteiger partial charge on any atom is -0.399 e. The van der Waals surface area contributed by atoms with Crippen LogP contribution in [0.2, 0.25) is 0 Å². The van der Waals surface area contributed by atoms with Crippen LogP contribution >= 0.6 is 0 Å². The predicted molar refractivity (Wildman–Crippen MR) is 194 cm³/mol. The van der Waals surface area contributed by atoms with E-state index in [9.17, 15) is 0 Å². The summed E-state index contributed by atoms with van der Waals surface area (Å²) in [6, 6.07) is 46.6. The second kappa shape index (κ2) is 17.5. The Kier molecular flexibility index (Phi) is 13.0. The Bertz CT molecular complexity index is 1680. The van der Waals surface area contributed by atoms with Crippen molar-refractivity contribution < 1.29 is 9.59 Å². The molecule has 0 heterocycles. The molecule has 0 spiro atoms. The molecule has 0 aromatic heterocycles. The number of carbonyl (C=O) groups is 2. The molecule has 0 saturated carbocycles. The minimum atomic E-state index is 0.194. The van der Waals surface area contributed by atoms with Crippen LogP contribution in [0, 0.1) is 0 Å². The van der Waals surface area contributed by atoms with Gasteiger partial charge in [0.1, 0.15) is 0 Å². The molecule has 0 fully saturated rings. The molecule has 6 rings (SSSR count). The normalized spacial score (nSPS) is 9.57. The van der Waals surface area contributed by atoms with Crippen molar-refractivity contribution in [3.8, 4) is 33.4 Å². The topological polar surface area (TPSA) is 190 Å². The Balaban J connectivity index is 0.000000177. The van der Waals surface area contributed by atoms with E-state index in [1.165, 1.54) is 0 Å². The smallest absolute Gasteiger partial charge is 0.182 e. The van der Waals surface area contributed by atoms with Crippen LogP contribution in [0.15, 0.2) is 146 Å². The van der Waals surface area contributed by atoms with Crippen LogP contribution in [0.4, 0.5) is 34.1 Å². The van der Waals surface area contributed by atoms with Crippen molar-refractivity contribution in [3.63, 3.8) is 0 Å². The van der Waals surface area contributed by atoms with Gasteiger partial charge in [0, 0.05) is 34.1 Å². The number of nitrogens with two attached hydrogens (primary N) is 6. The lowest BCUT2D eigenvalue weighted by molar-refractivity contribution is -0.122. The summed E-state index contributed by atoms with van der Waals surface area (Å²) >= 11 is 0. The fourth-order valence-electron chi connectivity index (χ4n) is 4.27. The van der Waals surface area contributed by atoms with E-state index in [1.807, 2.05) is 146 Å². The van der Waals surface area contributed by atoms with E-state index < -0.39 is 0 Å². The van der Waals surface area contributed by atoms with Gasteiger partial charge in [0.05, 0.1) is 0 Å². The Morgan fingerprint density at radius 3 is 0.739 bits per heavy atom. The third-order valence-corrected chi connectivity index (χ3v) is 6.40. The fraction of sp³-hybridized carbons (Fsp3) is 0. The van der Waals surface area contributed by atoms with Crippen LogP contribution in [0.1, 0.15) is 0 Å². The molecule has 232 valence electrons. The zero-order valence-electron chi connectivity index (χ0n) is 25.3. The number of hydrogen-bond donors (Lipinski definition) is 6. The first-order valence-corrected chi connectivity index (χ1v) is 14.2. The maximum Gasteiger partial charge on any atom is 0.182 e. The molecule has 6 aromatic rings. The largest absolute Gasteiger partial charge is 0.399 e. The number of hydrogen-bond acceptors (Lipinski definition) is 8. The Hall–Kier alpha value is -6.54. The van der Waals surface area contributed by atoms with Gasteiger partial charge in [-0.2, -0.15) is 0 Å². The van der Waals surface area contributed by atoms with Gasteiger partial charge in [-0.3, -0.25) is 9.59 Å². The third-order valence-electron chi connectivity index (χ3n) is 6.40. The lowest BCUT2D eigenvalue weighted by Gasteiger charge is -2.03. The molecule has 6 aromatic carbocycles. The van der Waals surface area contributed by atoms with Crippen molar-refractivity contribution in [2.75, 3.05) is 34.4 Å². The third kappa shape index (κ3) is 11.3. The highest BCUT2D eigenvalue weighted by molar-refractivity contribution is 6.09. The summed E-state index contributed by atoms with van der Waals surface area (Å²) in [7, 11) is 0. The van der Waals surface area contributed by atoms with Crippen LogP contribution in [0.25, 0.3) is 33.4 Å². The highest BCUT2D eigenvalue weighted by Crippen LogP contribution is 2.24. The zero-order valence-corrected chi connectivity index (χ0v) is 25.3. The molecule has 0 aliphatic carbocycles. The Morgan fingerprint density at radius 1 is 0.283 bits per heavy atom. The van der Waals surface area contributed by atoms with Gasteiger partial charge in [-0.15, -0.1) is 0 Å². The summed E-state index contributed by atoms with van der Waals surface area (Å²) in [6.07, 6.45) is 0.389. The molecule has 12 N–H and O–H groups in total. The second-order valence-corrected chi connectivity index (χ2v) is 10.0. The maximum atomic E-state index is 8.81. The number of rotatable bonds is 4. The summed E-state index contributed by atoms with van der Waals surface area (Å²) in [5, 5.41) is 0. The summed E-state index contributed by atoms with van der Waals surface area (Å²) in [4.78, 5) is 17.6. The van der Waals surface area contributed by atoms with Gasteiger partial charge in [-0.1, -0.05) is 72.8 Å². The molecular weight excluding hydrogens is 572 g/mol. The monoisotopic (exact) mass is 610 g/mol. The van der Waals surface area contributed by atoms with Crippen LogP contribution in [-0.4, -0.2) is 12.6 Å². The standard InChI is InChI=1S/3C12H12N2.C2H2O2/c2*13-11-5-1-3-9(7-11)10-4-2-6-12(14)8-10;13-11-6-4-9(5-7-11)10-2-1-3-12(14)8-10;3-1-2-4/h3*1-8H,13-14H2;1-2H. The van der Waals surface area contributed by atoms with E-state index in [0.29, 0.717) is 0 Å². The first-order valence-electron chi connectivity index (χ1n) is 14.2. The lowest BCUT2D eigenvalue weighted by Crippen LogP contribution is -1.87. The summed E-state index contributed by atoms with van der Waals surface area (Å²) in [5.41, 5.74) is 45.4. The zero-order chi connectivity index (χ0) is 33.3. The molecule has 46 heavy (non-hydrogen) atoms. The predicted octanol–water partition coefficient (Wildman–Crippen LogP) is 6.94. The second-order valence-electron chi connectivity index (χ2n) is 10.0. The van der Waals surface area contributed by atoms with Crippen LogP contribution in [0.5, 0.6) is 0 Å². The first-order chi connectivity index (χ1) is 22.2. The van der Waals surface area contributed by atoms with E-state index in [-0.39, 0.29) is 12.6 Å². The molecule has 0 unspecified atom stereocenters. The highest BCUT2D eigenvalue weighted by Gasteiger charge is 1.99. The molecule has 0 saturated heterocycles. The average Bonchev–Trinajstić information content (AvgIpc) is 3.06. The van der Waals surface area contributed by atoms with Crippen LogP contribution in [0.3, 0.4) is 0 Å². The number of anilines is 6. The molecule has 0 aliphatic heterocycles. The van der Waals surface area contributed by atoms with Gasteiger partial charge in [0.2, 0.25) is 0 Å². The summed E-state index contributed by atoms with van der Waals surface area (Å²) < 4.78 is 0. The average molecular weight is 611 g/mol. The summed E-state index contributed by atoms with van der Waals surface area (Å²) in [5.74, 6) is 0. The van der Waals surface area contributed by atoms with Gasteiger partial charge in [-0.05, 0) is 106 Å². The molecule has 8 nitrogen and oxygen atoms in total. The van der Waals surface area contributed by atoms with E-state index in [4.69, 9.17) is 44.0 Å². The van der Waals surface area contributed by atoms with Gasteiger partial charge in [0.25, 0.3) is 0 Å². The van der Waals surface area contributed by atoms with Crippen molar-refractivity contribution in [2.45, 2.75) is 0 Å². The number of aldehydes is 2. The van der Waals surface area contributed by atoms with Crippen molar-refractivity contribution in [1.29, 1.82) is 0 Å². The quantitative estimate of drug-likeness (QED) is 0.0702. The number of carbonyl (C=O) groups excluding carboxylic acids is 2. The van der Waals surface area contributed by atoms with Gasteiger partial charge in [-0.25, -0.2) is 0 Å². The number of nitrogen functional groups attached to an aromatic ring is 6. The maximum absolute atomic E-state index is 8.81. The Morgan fingerprint density at radius 2 is 0.522 bits per heavy atom. The number of benzene rings is 6. The van der Waals surface area contributed by atoms with Crippen molar-refractivity contribution in [3.05, 3.63) is 146 Å². The van der Waals surface area contributed by atoms with Crippen molar-refractivity contribution >= 4 is 46.7 Å². The molecule has 0 bridgehead atoms. The highest BCUT2D eigenvalue weighted by atomic mass is 16.2. The van der Waals surface area contributed by atoms with Gasteiger partial charge >= 0.3 is 0 Å². The molecule has 0 atom stereocenters. The summed E-state index contributed by atoms with van der Waals surface area (Å²) in [6.45, 7) is 0. The van der Waals surface area contributed by atoms with Crippen molar-refractivity contribution in [2.24, 2.45) is 0 Å². The molecule has 0 amide bonds. The van der Waals surface area contributed by atoms with Gasteiger partial charge in [0.15, 0.2) is 12.6 Å². The molecular formula is C38H38N6O2. The van der Waals surface area contributed by atoms with E-state index in [1.54, 1.807) is 0 Å². The molecule has 0 aliphatic rings. The lowest BCUT2D eigenvalue weighted by atomic mass is 10.0. The van der Waals surface area contributed by atoms with Crippen LogP contribution in [-0.2, 0) is 9.59 Å². The first kappa shape index (κ1) is 34.0. The van der Waals surface area contributed by atoms with Crippen LogP contribution < -0.4 is 34.4 Å². The van der Waals surface area contributed by atoms with Gasteiger partial charge < -0.3 is 34.4 Å². The molecule has 0 radical (unpaired) electrons. The van der Waals surface area contributed by atoms with E-state index in [2.05, 4.69) is 0 Å². The minimum absolute atomic E-state index is 0.194. The fourth-order valence-corrected chi connectivity index (χ4v) is 4.27. The Labute approximate surface area is 269 Å². The van der Waals surface area contributed by atoms with E-state index in [0.717, 1.165) is 67.5 Å². The van der Waals surface area contributed by atoms with Crippen molar-refractivity contribution in [1.82, 2.24) is 0 Å².